The Morgan fingerprint density at radius 2 is 1.65 bits per heavy atom. The number of sulfonamides is 1. The first-order valence-electron chi connectivity index (χ1n) is 11.1. The van der Waals surface area contributed by atoms with Crippen LogP contribution in [0.4, 0.5) is 5.69 Å². The zero-order valence-electron chi connectivity index (χ0n) is 19.6. The number of carbonyl (C=O) groups is 2. The number of methoxy groups -OCH3 is 2. The molecule has 0 atom stereocenters. The van der Waals surface area contributed by atoms with Gasteiger partial charge in [0.25, 0.3) is 10.0 Å². The van der Waals surface area contributed by atoms with Crippen molar-refractivity contribution in [1.29, 1.82) is 0 Å². The third-order valence-corrected chi connectivity index (χ3v) is 7.52. The van der Waals surface area contributed by atoms with Crippen molar-refractivity contribution in [2.75, 3.05) is 44.8 Å². The molecule has 2 aromatic rings. The maximum absolute atomic E-state index is 13.6. The van der Waals surface area contributed by atoms with E-state index in [1.807, 2.05) is 0 Å². The number of hydrogen-bond donors (Lipinski definition) is 0. The van der Waals surface area contributed by atoms with E-state index in [-0.39, 0.29) is 28.4 Å². The number of piperidine rings is 1. The minimum Gasteiger partial charge on any atom is -0.497 e. The van der Waals surface area contributed by atoms with Crippen LogP contribution in [0.15, 0.2) is 53.4 Å². The maximum Gasteiger partial charge on any atom is 0.309 e. The summed E-state index contributed by atoms with van der Waals surface area (Å²) in [5.74, 6) is -0.0215. The lowest BCUT2D eigenvalue weighted by Crippen LogP contribution is -2.46. The van der Waals surface area contributed by atoms with Crippen molar-refractivity contribution in [1.82, 2.24) is 4.90 Å². The molecule has 10 heteroatoms. The Morgan fingerprint density at radius 3 is 2.24 bits per heavy atom. The molecule has 0 unspecified atom stereocenters. The average molecular weight is 491 g/mol. The van der Waals surface area contributed by atoms with Crippen LogP contribution in [0.3, 0.4) is 0 Å². The third kappa shape index (κ3) is 5.61. The summed E-state index contributed by atoms with van der Waals surface area (Å²) in [5, 5.41) is 0. The van der Waals surface area contributed by atoms with Crippen molar-refractivity contribution in [3.05, 3.63) is 48.5 Å². The summed E-state index contributed by atoms with van der Waals surface area (Å²) < 4.78 is 43.9. The number of rotatable bonds is 9. The molecule has 0 N–H and O–H groups in total. The zero-order chi connectivity index (χ0) is 24.7. The van der Waals surface area contributed by atoms with Crippen LogP contribution in [0, 0.1) is 5.92 Å². The van der Waals surface area contributed by atoms with Crippen molar-refractivity contribution in [3.8, 4) is 11.5 Å². The first-order chi connectivity index (χ1) is 16.3. The summed E-state index contributed by atoms with van der Waals surface area (Å²) >= 11 is 0. The predicted octanol–water partition coefficient (Wildman–Crippen LogP) is 2.70. The van der Waals surface area contributed by atoms with Gasteiger partial charge in [-0.05, 0) is 56.2 Å². The maximum atomic E-state index is 13.6. The lowest BCUT2D eigenvalue weighted by Gasteiger charge is -2.33. The fourth-order valence-corrected chi connectivity index (χ4v) is 5.28. The van der Waals surface area contributed by atoms with Crippen molar-refractivity contribution >= 4 is 27.6 Å². The largest absolute Gasteiger partial charge is 0.497 e. The number of likely N-dealkylation sites (tertiary alicyclic amines) is 1. The number of anilines is 1. The molecule has 2 aromatic carbocycles. The molecule has 0 spiro atoms. The van der Waals surface area contributed by atoms with E-state index in [0.717, 1.165) is 4.31 Å². The Morgan fingerprint density at radius 1 is 1.00 bits per heavy atom. The number of hydrogen-bond acceptors (Lipinski definition) is 7. The fourth-order valence-electron chi connectivity index (χ4n) is 3.86. The summed E-state index contributed by atoms with van der Waals surface area (Å²) in [6, 6.07) is 12.6. The first-order valence-corrected chi connectivity index (χ1v) is 12.5. The number of nitrogens with zero attached hydrogens (tertiary/aromatic N) is 2. The highest BCUT2D eigenvalue weighted by Crippen LogP contribution is 2.33. The van der Waals surface area contributed by atoms with E-state index >= 15 is 0 Å². The van der Waals surface area contributed by atoms with E-state index in [9.17, 15) is 18.0 Å². The van der Waals surface area contributed by atoms with Gasteiger partial charge >= 0.3 is 5.97 Å². The van der Waals surface area contributed by atoms with Gasteiger partial charge in [0.05, 0.1) is 37.3 Å². The average Bonchev–Trinajstić information content (AvgIpc) is 2.87. The Hall–Kier alpha value is -3.27. The second-order valence-corrected chi connectivity index (χ2v) is 9.63. The van der Waals surface area contributed by atoms with Gasteiger partial charge in [-0.3, -0.25) is 13.9 Å². The van der Waals surface area contributed by atoms with E-state index in [2.05, 4.69) is 0 Å². The molecule has 1 amide bonds. The highest BCUT2D eigenvalue weighted by molar-refractivity contribution is 7.92. The monoisotopic (exact) mass is 490 g/mol. The lowest BCUT2D eigenvalue weighted by molar-refractivity contribution is -0.151. The van der Waals surface area contributed by atoms with Gasteiger partial charge in [0.2, 0.25) is 5.91 Å². The number of para-hydroxylation sites is 2. The molecule has 9 nitrogen and oxygen atoms in total. The number of benzene rings is 2. The van der Waals surface area contributed by atoms with Crippen molar-refractivity contribution in [3.63, 3.8) is 0 Å². The van der Waals surface area contributed by atoms with E-state index in [1.165, 1.54) is 26.4 Å². The minimum atomic E-state index is -4.10. The van der Waals surface area contributed by atoms with Crippen LogP contribution >= 0.6 is 0 Å². The van der Waals surface area contributed by atoms with Crippen LogP contribution < -0.4 is 13.8 Å². The molecular weight excluding hydrogens is 460 g/mol. The zero-order valence-corrected chi connectivity index (χ0v) is 20.4. The minimum absolute atomic E-state index is 0.0213. The number of amides is 1. The Balaban J connectivity index is 1.86. The highest BCUT2D eigenvalue weighted by atomic mass is 32.2. The molecule has 0 radical (unpaired) electrons. The third-order valence-electron chi connectivity index (χ3n) is 5.75. The first kappa shape index (κ1) is 25.4. The Labute approximate surface area is 200 Å². The molecule has 1 fully saturated rings. The SMILES string of the molecule is CCOC(=O)C1CCN(C(=O)CN(c2ccccc2OC)S(=O)(=O)c2ccc(OC)cc2)CC1. The van der Waals surface area contributed by atoms with Gasteiger partial charge in [-0.2, -0.15) is 0 Å². The van der Waals surface area contributed by atoms with Gasteiger partial charge in [0.15, 0.2) is 0 Å². The van der Waals surface area contributed by atoms with E-state index in [0.29, 0.717) is 44.0 Å². The number of carbonyl (C=O) groups excluding carboxylic acids is 2. The van der Waals surface area contributed by atoms with Crippen molar-refractivity contribution < 1.29 is 32.2 Å². The smallest absolute Gasteiger partial charge is 0.309 e. The quantitative estimate of drug-likeness (QED) is 0.498. The Kier molecular flexibility index (Phi) is 8.38. The van der Waals surface area contributed by atoms with Gasteiger partial charge in [-0.1, -0.05) is 12.1 Å². The normalized spacial score (nSPS) is 14.4. The summed E-state index contributed by atoms with van der Waals surface area (Å²) in [6.45, 7) is 2.37. The molecule has 0 aliphatic carbocycles. The molecule has 34 heavy (non-hydrogen) atoms. The van der Waals surface area contributed by atoms with Crippen LogP contribution in [0.1, 0.15) is 19.8 Å². The second kappa shape index (κ2) is 11.2. The molecule has 1 saturated heterocycles. The molecular formula is C24H30N2O7S. The number of ether oxygens (including phenoxy) is 3. The lowest BCUT2D eigenvalue weighted by atomic mass is 9.97. The number of esters is 1. The Bertz CT molecular complexity index is 1090. The summed E-state index contributed by atoms with van der Waals surface area (Å²) in [6.07, 6.45) is 0.953. The molecule has 1 aliphatic heterocycles. The van der Waals surface area contributed by atoms with Gasteiger partial charge in [-0.15, -0.1) is 0 Å². The molecule has 0 saturated carbocycles. The second-order valence-electron chi connectivity index (χ2n) is 7.77. The van der Waals surface area contributed by atoms with Crippen LogP contribution in [-0.4, -0.2) is 65.7 Å². The van der Waals surface area contributed by atoms with Gasteiger partial charge < -0.3 is 19.1 Å². The van der Waals surface area contributed by atoms with Crippen LogP contribution in [0.2, 0.25) is 0 Å². The summed E-state index contributed by atoms with van der Waals surface area (Å²) in [7, 11) is -1.16. The van der Waals surface area contributed by atoms with E-state index in [1.54, 1.807) is 48.2 Å². The van der Waals surface area contributed by atoms with E-state index < -0.39 is 16.6 Å². The summed E-state index contributed by atoms with van der Waals surface area (Å²) in [5.41, 5.74) is 0.260. The molecule has 184 valence electrons. The predicted molar refractivity (Wildman–Crippen MR) is 126 cm³/mol. The topological polar surface area (TPSA) is 102 Å². The molecule has 0 aromatic heterocycles. The summed E-state index contributed by atoms with van der Waals surface area (Å²) in [4.78, 5) is 26.8. The van der Waals surface area contributed by atoms with Crippen LogP contribution in [-0.2, 0) is 24.3 Å². The molecule has 1 heterocycles. The van der Waals surface area contributed by atoms with Crippen LogP contribution in [0.5, 0.6) is 11.5 Å². The van der Waals surface area contributed by atoms with Gasteiger partial charge in [0, 0.05) is 13.1 Å². The fraction of sp³-hybridized carbons (Fsp3) is 0.417. The van der Waals surface area contributed by atoms with Gasteiger partial charge in [0.1, 0.15) is 18.0 Å². The van der Waals surface area contributed by atoms with Crippen molar-refractivity contribution in [2.24, 2.45) is 5.92 Å². The standard InChI is InChI=1S/C24H30N2O7S/c1-4-33-24(28)18-13-15-25(16-14-18)23(27)17-26(21-7-5-6-8-22(21)32-3)34(29,30)20-11-9-19(31-2)10-12-20/h5-12,18H,4,13-17H2,1-3H3. The van der Waals surface area contributed by atoms with Gasteiger partial charge in [-0.25, -0.2) is 8.42 Å². The van der Waals surface area contributed by atoms with E-state index in [4.69, 9.17) is 14.2 Å². The van der Waals surface area contributed by atoms with Crippen LogP contribution in [0.25, 0.3) is 0 Å². The highest BCUT2D eigenvalue weighted by Gasteiger charge is 2.33. The molecule has 1 aliphatic rings. The van der Waals surface area contributed by atoms with Crippen molar-refractivity contribution in [2.45, 2.75) is 24.7 Å². The molecule has 0 bridgehead atoms. The molecule has 3 rings (SSSR count).